The summed E-state index contributed by atoms with van der Waals surface area (Å²) >= 11 is 0. The molecule has 0 spiro atoms. The van der Waals surface area contributed by atoms with E-state index in [1.807, 2.05) is 0 Å². The molecule has 1 saturated heterocycles. The summed E-state index contributed by atoms with van der Waals surface area (Å²) < 4.78 is 0. The quantitative estimate of drug-likeness (QED) is 0.713. The standard InChI is InChI=1S/C16H19N3O4/c1-3-15(22)17-11-5-4-6-12(7-11)18-16(23)14-8-13(21)9-19(14)10(2)20/h3-7,13-14,21H,1,8-9H2,2H3,(H,17,22)(H,18,23)/t13-,14+/m0/s1. The summed E-state index contributed by atoms with van der Waals surface area (Å²) in [6, 6.07) is 5.93. The van der Waals surface area contributed by atoms with Gasteiger partial charge in [0.05, 0.1) is 6.10 Å². The van der Waals surface area contributed by atoms with Crippen molar-refractivity contribution in [3.63, 3.8) is 0 Å². The van der Waals surface area contributed by atoms with Crippen molar-refractivity contribution in [2.24, 2.45) is 0 Å². The first kappa shape index (κ1) is 16.7. The van der Waals surface area contributed by atoms with Gasteiger partial charge in [0.15, 0.2) is 0 Å². The fraction of sp³-hybridized carbons (Fsp3) is 0.312. The highest BCUT2D eigenvalue weighted by Gasteiger charge is 2.37. The van der Waals surface area contributed by atoms with E-state index >= 15 is 0 Å². The first-order valence-corrected chi connectivity index (χ1v) is 7.20. The molecule has 7 heteroatoms. The molecule has 3 N–H and O–H groups in total. The molecule has 2 rings (SSSR count). The molecule has 0 saturated carbocycles. The molecule has 0 unspecified atom stereocenters. The van der Waals surface area contributed by atoms with E-state index in [1.54, 1.807) is 24.3 Å². The monoisotopic (exact) mass is 317 g/mol. The number of benzene rings is 1. The third-order valence-corrected chi connectivity index (χ3v) is 3.57. The lowest BCUT2D eigenvalue weighted by Gasteiger charge is -2.22. The van der Waals surface area contributed by atoms with Crippen molar-refractivity contribution >= 4 is 29.1 Å². The predicted octanol–water partition coefficient (Wildman–Crippen LogP) is 0.731. The van der Waals surface area contributed by atoms with Crippen LogP contribution in [0.1, 0.15) is 13.3 Å². The lowest BCUT2D eigenvalue weighted by molar-refractivity contribution is -0.134. The molecule has 122 valence electrons. The van der Waals surface area contributed by atoms with Gasteiger partial charge in [-0.05, 0) is 24.3 Å². The number of aliphatic hydroxyl groups is 1. The molecule has 7 nitrogen and oxygen atoms in total. The molecule has 0 aliphatic carbocycles. The lowest BCUT2D eigenvalue weighted by Crippen LogP contribution is -2.42. The summed E-state index contributed by atoms with van der Waals surface area (Å²) in [5, 5.41) is 15.0. The Morgan fingerprint density at radius 1 is 1.30 bits per heavy atom. The SMILES string of the molecule is C=CC(=O)Nc1cccc(NC(=O)[C@H]2C[C@H](O)CN2C(C)=O)c1. The molecule has 2 atom stereocenters. The highest BCUT2D eigenvalue weighted by molar-refractivity contribution is 6.00. The van der Waals surface area contributed by atoms with E-state index in [0.717, 1.165) is 6.08 Å². The molecule has 0 radical (unpaired) electrons. The number of aliphatic hydroxyl groups excluding tert-OH is 1. The molecule has 1 fully saturated rings. The van der Waals surface area contributed by atoms with E-state index in [4.69, 9.17) is 0 Å². The van der Waals surface area contributed by atoms with Crippen molar-refractivity contribution in [2.75, 3.05) is 17.2 Å². The Balaban J connectivity index is 2.08. The third kappa shape index (κ3) is 4.17. The van der Waals surface area contributed by atoms with Gasteiger partial charge >= 0.3 is 0 Å². The summed E-state index contributed by atoms with van der Waals surface area (Å²) in [4.78, 5) is 36.5. The average molecular weight is 317 g/mol. The number of hydrogen-bond acceptors (Lipinski definition) is 4. The Labute approximate surface area is 134 Å². The van der Waals surface area contributed by atoms with Gasteiger partial charge < -0.3 is 20.6 Å². The number of carbonyl (C=O) groups excluding carboxylic acids is 3. The number of nitrogens with zero attached hydrogens (tertiary/aromatic N) is 1. The predicted molar refractivity (Wildman–Crippen MR) is 85.7 cm³/mol. The minimum Gasteiger partial charge on any atom is -0.391 e. The molecule has 3 amide bonds. The topological polar surface area (TPSA) is 98.7 Å². The summed E-state index contributed by atoms with van der Waals surface area (Å²) in [6.07, 6.45) is 0.654. The number of amides is 3. The number of rotatable bonds is 4. The zero-order valence-electron chi connectivity index (χ0n) is 12.8. The van der Waals surface area contributed by atoms with Crippen LogP contribution in [0.15, 0.2) is 36.9 Å². The maximum Gasteiger partial charge on any atom is 0.247 e. The van der Waals surface area contributed by atoms with Crippen LogP contribution >= 0.6 is 0 Å². The van der Waals surface area contributed by atoms with E-state index in [9.17, 15) is 19.5 Å². The number of anilines is 2. The smallest absolute Gasteiger partial charge is 0.247 e. The summed E-state index contributed by atoms with van der Waals surface area (Å²) in [5.74, 6) is -0.979. The van der Waals surface area contributed by atoms with Crippen molar-refractivity contribution < 1.29 is 19.5 Å². The molecule has 0 aromatic heterocycles. The van der Waals surface area contributed by atoms with Crippen LogP contribution < -0.4 is 10.6 Å². The van der Waals surface area contributed by atoms with E-state index in [-0.39, 0.29) is 30.7 Å². The molecular formula is C16H19N3O4. The van der Waals surface area contributed by atoms with Gasteiger partial charge in [-0.3, -0.25) is 14.4 Å². The number of nitrogens with one attached hydrogen (secondary N) is 2. The fourth-order valence-corrected chi connectivity index (χ4v) is 2.50. The third-order valence-electron chi connectivity index (χ3n) is 3.57. The van der Waals surface area contributed by atoms with Gasteiger partial charge in [-0.1, -0.05) is 12.6 Å². The Hall–Kier alpha value is -2.67. The van der Waals surface area contributed by atoms with Crippen molar-refractivity contribution in [3.8, 4) is 0 Å². The van der Waals surface area contributed by atoms with Crippen molar-refractivity contribution in [1.82, 2.24) is 4.90 Å². The van der Waals surface area contributed by atoms with Crippen molar-refractivity contribution in [2.45, 2.75) is 25.5 Å². The molecule has 1 heterocycles. The fourth-order valence-electron chi connectivity index (χ4n) is 2.50. The van der Waals surface area contributed by atoms with Gasteiger partial charge in [-0.15, -0.1) is 0 Å². The largest absolute Gasteiger partial charge is 0.391 e. The van der Waals surface area contributed by atoms with Gasteiger partial charge in [0.2, 0.25) is 17.7 Å². The molecule has 0 bridgehead atoms. The normalized spacial score (nSPS) is 20.0. The zero-order chi connectivity index (χ0) is 17.0. The second-order valence-electron chi connectivity index (χ2n) is 5.34. The first-order chi connectivity index (χ1) is 10.9. The van der Waals surface area contributed by atoms with Gasteiger partial charge in [0.25, 0.3) is 0 Å². The number of β-amino-alcohol motifs (C(OH)–C–C–N with tert-alkyl or cyclic N) is 1. The molecule has 1 aliphatic heterocycles. The van der Waals surface area contributed by atoms with E-state index < -0.39 is 12.1 Å². The van der Waals surface area contributed by atoms with E-state index in [2.05, 4.69) is 17.2 Å². The van der Waals surface area contributed by atoms with Gasteiger partial charge in [0, 0.05) is 31.3 Å². The molecular weight excluding hydrogens is 298 g/mol. The van der Waals surface area contributed by atoms with Crippen LogP contribution in [0, 0.1) is 0 Å². The Morgan fingerprint density at radius 2 is 1.96 bits per heavy atom. The number of carbonyl (C=O) groups is 3. The van der Waals surface area contributed by atoms with E-state index in [0.29, 0.717) is 11.4 Å². The molecule has 23 heavy (non-hydrogen) atoms. The summed E-state index contributed by atoms with van der Waals surface area (Å²) in [7, 11) is 0. The maximum atomic E-state index is 12.3. The van der Waals surface area contributed by atoms with Gasteiger partial charge in [-0.25, -0.2) is 0 Å². The second kappa shape index (κ2) is 7.06. The van der Waals surface area contributed by atoms with Crippen LogP contribution in [0.5, 0.6) is 0 Å². The van der Waals surface area contributed by atoms with Crippen LogP contribution in [0.2, 0.25) is 0 Å². The minimum absolute atomic E-state index is 0.156. The molecule has 1 aromatic carbocycles. The Kier molecular flexibility index (Phi) is 5.13. The Bertz CT molecular complexity index is 644. The zero-order valence-corrected chi connectivity index (χ0v) is 12.8. The lowest BCUT2D eigenvalue weighted by atomic mass is 10.1. The first-order valence-electron chi connectivity index (χ1n) is 7.20. The number of likely N-dealkylation sites (tertiary alicyclic amines) is 1. The Morgan fingerprint density at radius 3 is 2.57 bits per heavy atom. The second-order valence-corrected chi connectivity index (χ2v) is 5.34. The maximum absolute atomic E-state index is 12.3. The average Bonchev–Trinajstić information content (AvgIpc) is 2.90. The summed E-state index contributed by atoms with van der Waals surface area (Å²) in [5.41, 5.74) is 1.00. The minimum atomic E-state index is -0.701. The van der Waals surface area contributed by atoms with Crippen LogP contribution in [0.4, 0.5) is 11.4 Å². The van der Waals surface area contributed by atoms with Gasteiger partial charge in [-0.2, -0.15) is 0 Å². The van der Waals surface area contributed by atoms with Crippen LogP contribution in [0.25, 0.3) is 0 Å². The van der Waals surface area contributed by atoms with Crippen molar-refractivity contribution in [1.29, 1.82) is 0 Å². The van der Waals surface area contributed by atoms with Crippen molar-refractivity contribution in [3.05, 3.63) is 36.9 Å². The van der Waals surface area contributed by atoms with Gasteiger partial charge in [0.1, 0.15) is 6.04 Å². The van der Waals surface area contributed by atoms with E-state index in [1.165, 1.54) is 11.8 Å². The highest BCUT2D eigenvalue weighted by atomic mass is 16.3. The highest BCUT2D eigenvalue weighted by Crippen LogP contribution is 2.21. The molecule has 1 aliphatic rings. The van der Waals surface area contributed by atoms with Crippen LogP contribution in [-0.2, 0) is 14.4 Å². The number of hydrogen-bond donors (Lipinski definition) is 3. The summed E-state index contributed by atoms with van der Waals surface area (Å²) in [6.45, 7) is 4.89. The van der Waals surface area contributed by atoms with Crippen LogP contribution in [0.3, 0.4) is 0 Å². The molecule has 1 aromatic rings. The van der Waals surface area contributed by atoms with Crippen LogP contribution in [-0.4, -0.2) is 46.4 Å².